The predicted octanol–water partition coefficient (Wildman–Crippen LogP) is 6.09. The van der Waals surface area contributed by atoms with Crippen LogP contribution in [-0.4, -0.2) is 23.2 Å². The summed E-state index contributed by atoms with van der Waals surface area (Å²) < 4.78 is 5.99. The third kappa shape index (κ3) is 6.05. The van der Waals surface area contributed by atoms with Gasteiger partial charge in [-0.1, -0.05) is 35.3 Å². The smallest absolute Gasteiger partial charge is 0.124 e. The molecule has 158 valence electrons. The van der Waals surface area contributed by atoms with Gasteiger partial charge in [0.2, 0.25) is 0 Å². The highest BCUT2D eigenvalue weighted by Gasteiger charge is 2.17. The van der Waals surface area contributed by atoms with Crippen LogP contribution >= 0.6 is 35.0 Å². The molecule has 0 saturated heterocycles. The van der Waals surface area contributed by atoms with Gasteiger partial charge in [0.05, 0.1) is 15.8 Å². The van der Waals surface area contributed by atoms with Crippen molar-refractivity contribution in [3.05, 3.63) is 81.6 Å². The number of pyridine rings is 1. The summed E-state index contributed by atoms with van der Waals surface area (Å²) in [6.07, 6.45) is 6.71. The first kappa shape index (κ1) is 23.9. The summed E-state index contributed by atoms with van der Waals surface area (Å²) in [7, 11) is 0. The zero-order valence-corrected chi connectivity index (χ0v) is 19.3. The minimum absolute atomic E-state index is 0.262. The van der Waals surface area contributed by atoms with E-state index in [1.165, 1.54) is 12.4 Å². The third-order valence-corrected chi connectivity index (χ3v) is 4.68. The summed E-state index contributed by atoms with van der Waals surface area (Å²) in [4.78, 5) is 3.95. The number of thioether (sulfide) groups is 1. The Morgan fingerprint density at radius 1 is 1.07 bits per heavy atom. The lowest BCUT2D eigenvalue weighted by Gasteiger charge is -2.18. The lowest BCUT2D eigenvalue weighted by Crippen LogP contribution is -2.09. The molecule has 0 amide bonds. The zero-order chi connectivity index (χ0) is 22.3. The Kier molecular flexibility index (Phi) is 8.84. The highest BCUT2D eigenvalue weighted by molar-refractivity contribution is 7.97. The second kappa shape index (κ2) is 11.1. The average molecular weight is 463 g/mol. The number of nitrogens with two attached hydrogens (primary N) is 2. The number of rotatable bonds is 5. The molecule has 1 heterocycles. The Bertz CT molecular complexity index is 1010. The molecular weight excluding hydrogens is 439 g/mol. The molecule has 5 nitrogen and oxygen atoms in total. The van der Waals surface area contributed by atoms with E-state index < -0.39 is 6.10 Å². The van der Waals surface area contributed by atoms with Crippen molar-refractivity contribution in [1.29, 1.82) is 5.41 Å². The summed E-state index contributed by atoms with van der Waals surface area (Å²) in [5.41, 5.74) is 15.1. The van der Waals surface area contributed by atoms with Crippen LogP contribution in [0.4, 0.5) is 11.4 Å². The summed E-state index contributed by atoms with van der Waals surface area (Å²) >= 11 is 14.1. The van der Waals surface area contributed by atoms with Gasteiger partial charge >= 0.3 is 0 Å². The van der Waals surface area contributed by atoms with E-state index in [0.717, 1.165) is 0 Å². The van der Waals surface area contributed by atoms with Crippen molar-refractivity contribution in [2.45, 2.75) is 13.0 Å². The van der Waals surface area contributed by atoms with E-state index in [1.807, 2.05) is 25.5 Å². The van der Waals surface area contributed by atoms with Crippen LogP contribution in [0.15, 0.2) is 54.9 Å². The first-order chi connectivity index (χ1) is 14.3. The number of nitrogens with one attached hydrogen (secondary N) is 1. The normalized spacial score (nSPS) is 11.2. The van der Waals surface area contributed by atoms with Gasteiger partial charge in [-0.05, 0) is 49.8 Å². The van der Waals surface area contributed by atoms with Gasteiger partial charge in [-0.25, -0.2) is 0 Å². The van der Waals surface area contributed by atoms with Crippen LogP contribution < -0.4 is 16.2 Å². The maximum atomic E-state index is 8.48. The monoisotopic (exact) mass is 462 g/mol. The van der Waals surface area contributed by atoms with Crippen molar-refractivity contribution in [3.8, 4) is 5.75 Å². The molecule has 0 aliphatic heterocycles. The number of benzene rings is 2. The molecule has 0 fully saturated rings. The standard InChI is InChI=1S/C20H18Cl2N4O.C2H6S/c1-11(19-16(21)9-26-10-17(19)22)27-14-5-6-18(24)15(8-14)20(25)12-3-2-4-13(23)7-12;1-3-2/h2-11,25H,23-24H2,1H3;1-2H3. The van der Waals surface area contributed by atoms with Gasteiger partial charge in [0.1, 0.15) is 11.9 Å². The molecule has 0 bridgehead atoms. The van der Waals surface area contributed by atoms with E-state index >= 15 is 0 Å². The molecule has 5 N–H and O–H groups in total. The van der Waals surface area contributed by atoms with Gasteiger partial charge in [-0.15, -0.1) is 0 Å². The highest BCUT2D eigenvalue weighted by atomic mass is 35.5. The quantitative estimate of drug-likeness (QED) is 0.314. The van der Waals surface area contributed by atoms with Crippen LogP contribution in [0.2, 0.25) is 10.0 Å². The van der Waals surface area contributed by atoms with E-state index in [0.29, 0.717) is 43.9 Å². The Balaban J connectivity index is 0.00000101. The maximum absolute atomic E-state index is 8.48. The SMILES string of the molecule is CC(Oc1ccc(N)c(C(=N)c2cccc(N)c2)c1)c1c(Cl)cncc1Cl.CSC. The number of aromatic nitrogens is 1. The minimum Gasteiger partial charge on any atom is -0.486 e. The number of nitrogen functional groups attached to an aromatic ring is 2. The van der Waals surface area contributed by atoms with Crippen LogP contribution in [0.3, 0.4) is 0 Å². The number of halogens is 2. The number of hydrogen-bond donors (Lipinski definition) is 3. The Morgan fingerprint density at radius 2 is 1.70 bits per heavy atom. The molecule has 8 heteroatoms. The molecule has 0 saturated carbocycles. The second-order valence-electron chi connectivity index (χ2n) is 6.43. The molecule has 3 aromatic rings. The fraction of sp³-hybridized carbons (Fsp3) is 0.182. The van der Waals surface area contributed by atoms with Gasteiger partial charge in [-0.2, -0.15) is 11.8 Å². The van der Waals surface area contributed by atoms with Crippen molar-refractivity contribution in [1.82, 2.24) is 4.98 Å². The molecule has 30 heavy (non-hydrogen) atoms. The van der Waals surface area contributed by atoms with Crippen LogP contribution in [0, 0.1) is 5.41 Å². The van der Waals surface area contributed by atoms with Crippen LogP contribution in [0.1, 0.15) is 29.7 Å². The molecule has 3 rings (SSSR count). The second-order valence-corrected chi connectivity index (χ2v) is 8.07. The van der Waals surface area contributed by atoms with Crippen molar-refractivity contribution in [3.63, 3.8) is 0 Å². The molecule has 0 radical (unpaired) electrons. The maximum Gasteiger partial charge on any atom is 0.124 e. The van der Waals surface area contributed by atoms with Gasteiger partial charge in [0.25, 0.3) is 0 Å². The van der Waals surface area contributed by atoms with Crippen LogP contribution in [0.5, 0.6) is 5.75 Å². The summed E-state index contributed by atoms with van der Waals surface area (Å²) in [6, 6.07) is 12.3. The molecule has 1 atom stereocenters. The Labute approximate surface area is 191 Å². The molecule has 0 aliphatic carbocycles. The van der Waals surface area contributed by atoms with Crippen LogP contribution in [-0.2, 0) is 0 Å². The van der Waals surface area contributed by atoms with Gasteiger partial charge < -0.3 is 16.2 Å². The number of anilines is 2. The number of hydrogen-bond acceptors (Lipinski definition) is 6. The molecule has 2 aromatic carbocycles. The molecule has 1 aromatic heterocycles. The summed E-state index contributed by atoms with van der Waals surface area (Å²) in [5.74, 6) is 0.546. The van der Waals surface area contributed by atoms with E-state index in [-0.39, 0.29) is 5.71 Å². The first-order valence-corrected chi connectivity index (χ1v) is 11.4. The van der Waals surface area contributed by atoms with E-state index in [2.05, 4.69) is 4.98 Å². The zero-order valence-electron chi connectivity index (χ0n) is 16.9. The van der Waals surface area contributed by atoms with Gasteiger partial charge in [0, 0.05) is 40.5 Å². The van der Waals surface area contributed by atoms with E-state index in [4.69, 9.17) is 44.8 Å². The molecule has 0 aliphatic rings. The first-order valence-electron chi connectivity index (χ1n) is 8.98. The van der Waals surface area contributed by atoms with E-state index in [9.17, 15) is 0 Å². The third-order valence-electron chi connectivity index (χ3n) is 4.08. The molecule has 1 unspecified atom stereocenters. The summed E-state index contributed by atoms with van der Waals surface area (Å²) in [6.45, 7) is 1.84. The van der Waals surface area contributed by atoms with Crippen molar-refractivity contribution in [2.75, 3.05) is 24.0 Å². The van der Waals surface area contributed by atoms with Crippen LogP contribution in [0.25, 0.3) is 0 Å². The van der Waals surface area contributed by atoms with Gasteiger partial charge in [0.15, 0.2) is 0 Å². The fourth-order valence-electron chi connectivity index (χ4n) is 2.75. The summed E-state index contributed by atoms with van der Waals surface area (Å²) in [5, 5.41) is 9.34. The van der Waals surface area contributed by atoms with Crippen molar-refractivity contribution >= 4 is 52.1 Å². The Morgan fingerprint density at radius 3 is 2.30 bits per heavy atom. The predicted molar refractivity (Wildman–Crippen MR) is 130 cm³/mol. The van der Waals surface area contributed by atoms with Crippen molar-refractivity contribution < 1.29 is 4.74 Å². The van der Waals surface area contributed by atoms with Gasteiger partial charge in [-0.3, -0.25) is 10.4 Å². The lowest BCUT2D eigenvalue weighted by atomic mass is 10.00. The molecular formula is C22H24Cl2N4OS. The lowest BCUT2D eigenvalue weighted by molar-refractivity contribution is 0.227. The Hall–Kier alpha value is -2.41. The number of nitrogens with zero attached hydrogens (tertiary/aromatic N) is 1. The van der Waals surface area contributed by atoms with E-state index in [1.54, 1.807) is 48.2 Å². The minimum atomic E-state index is -0.411. The average Bonchev–Trinajstić information content (AvgIpc) is 2.69. The highest BCUT2D eigenvalue weighted by Crippen LogP contribution is 2.33. The number of ether oxygens (including phenoxy) is 1. The topological polar surface area (TPSA) is 98.0 Å². The molecule has 0 spiro atoms. The largest absolute Gasteiger partial charge is 0.486 e. The van der Waals surface area contributed by atoms with Crippen molar-refractivity contribution in [2.24, 2.45) is 0 Å². The fourth-order valence-corrected chi connectivity index (χ4v) is 3.42.